The van der Waals surface area contributed by atoms with E-state index in [1.807, 2.05) is 31.2 Å². The summed E-state index contributed by atoms with van der Waals surface area (Å²) < 4.78 is 13.3. The van der Waals surface area contributed by atoms with Crippen LogP contribution in [-0.4, -0.2) is 12.5 Å². The molecule has 0 saturated carbocycles. The number of hydrogen-bond donors (Lipinski definition) is 0. The topological polar surface area (TPSA) is 20.3 Å². The van der Waals surface area contributed by atoms with Crippen LogP contribution in [0.1, 0.15) is 42.6 Å². The molecule has 0 aromatic heterocycles. The van der Waals surface area contributed by atoms with E-state index in [2.05, 4.69) is 13.8 Å². The maximum Gasteiger partial charge on any atom is 0.258 e. The highest BCUT2D eigenvalue weighted by atomic mass is 19.1. The SMILES string of the molecule is CCN(C(=O)c1cccc(F)c1)c1ccccc1C(C)C. The minimum absolute atomic E-state index is 0.176. The minimum atomic E-state index is -0.394. The first kappa shape index (κ1) is 15.2. The van der Waals surface area contributed by atoms with Crippen LogP contribution in [0.15, 0.2) is 48.5 Å². The number of anilines is 1. The van der Waals surface area contributed by atoms with Crippen LogP contribution in [0.2, 0.25) is 0 Å². The molecule has 0 aliphatic heterocycles. The second kappa shape index (κ2) is 6.53. The quantitative estimate of drug-likeness (QED) is 0.803. The van der Waals surface area contributed by atoms with Gasteiger partial charge in [-0.3, -0.25) is 4.79 Å². The molecular formula is C18H20FNO. The first-order valence-electron chi connectivity index (χ1n) is 7.21. The van der Waals surface area contributed by atoms with Crippen LogP contribution in [0.25, 0.3) is 0 Å². The molecule has 3 heteroatoms. The Morgan fingerprint density at radius 1 is 1.14 bits per heavy atom. The lowest BCUT2D eigenvalue weighted by Crippen LogP contribution is -2.31. The van der Waals surface area contributed by atoms with Gasteiger partial charge in [0, 0.05) is 17.8 Å². The lowest BCUT2D eigenvalue weighted by molar-refractivity contribution is 0.0987. The van der Waals surface area contributed by atoms with Crippen molar-refractivity contribution >= 4 is 11.6 Å². The average Bonchev–Trinajstić information content (AvgIpc) is 2.48. The van der Waals surface area contributed by atoms with Gasteiger partial charge >= 0.3 is 0 Å². The predicted octanol–water partition coefficient (Wildman–Crippen LogP) is 4.62. The first-order valence-corrected chi connectivity index (χ1v) is 7.21. The van der Waals surface area contributed by atoms with Crippen molar-refractivity contribution in [2.75, 3.05) is 11.4 Å². The third kappa shape index (κ3) is 3.30. The minimum Gasteiger partial charge on any atom is -0.308 e. The summed E-state index contributed by atoms with van der Waals surface area (Å²) in [4.78, 5) is 14.4. The van der Waals surface area contributed by atoms with Gasteiger partial charge in [0.05, 0.1) is 0 Å². The van der Waals surface area contributed by atoms with Crippen LogP contribution in [0.4, 0.5) is 10.1 Å². The summed E-state index contributed by atoms with van der Waals surface area (Å²) in [6.07, 6.45) is 0. The summed E-state index contributed by atoms with van der Waals surface area (Å²) in [7, 11) is 0. The van der Waals surface area contributed by atoms with Crippen LogP contribution in [0.3, 0.4) is 0 Å². The molecule has 110 valence electrons. The molecular weight excluding hydrogens is 265 g/mol. The van der Waals surface area contributed by atoms with Gasteiger partial charge in [-0.25, -0.2) is 4.39 Å². The molecule has 21 heavy (non-hydrogen) atoms. The van der Waals surface area contributed by atoms with Gasteiger partial charge in [-0.15, -0.1) is 0 Å². The zero-order valence-corrected chi connectivity index (χ0v) is 12.6. The molecule has 0 bridgehead atoms. The molecule has 0 heterocycles. The predicted molar refractivity (Wildman–Crippen MR) is 84.3 cm³/mol. The fourth-order valence-electron chi connectivity index (χ4n) is 2.42. The number of amides is 1. The number of rotatable bonds is 4. The third-order valence-corrected chi connectivity index (χ3v) is 3.48. The normalized spacial score (nSPS) is 10.7. The Hall–Kier alpha value is -2.16. The summed E-state index contributed by atoms with van der Waals surface area (Å²) in [6.45, 7) is 6.66. The average molecular weight is 285 g/mol. The molecule has 2 aromatic carbocycles. The summed E-state index contributed by atoms with van der Waals surface area (Å²) in [5, 5.41) is 0. The Labute approximate surface area is 125 Å². The number of halogens is 1. The molecule has 0 spiro atoms. The largest absolute Gasteiger partial charge is 0.308 e. The lowest BCUT2D eigenvalue weighted by Gasteiger charge is -2.25. The highest BCUT2D eigenvalue weighted by Crippen LogP contribution is 2.28. The first-order chi connectivity index (χ1) is 10.0. The van der Waals surface area contributed by atoms with Gasteiger partial charge in [-0.05, 0) is 42.7 Å². The van der Waals surface area contributed by atoms with Gasteiger partial charge in [-0.2, -0.15) is 0 Å². The standard InChI is InChI=1S/C18H20FNO/c1-4-20(17-11-6-5-10-16(17)13(2)3)18(21)14-8-7-9-15(19)12-14/h5-13H,4H2,1-3H3. The van der Waals surface area contributed by atoms with Crippen molar-refractivity contribution in [2.45, 2.75) is 26.7 Å². The van der Waals surface area contributed by atoms with Gasteiger partial charge in [-0.1, -0.05) is 38.1 Å². The molecule has 0 unspecified atom stereocenters. The van der Waals surface area contributed by atoms with Gasteiger partial charge in [0.15, 0.2) is 0 Å². The lowest BCUT2D eigenvalue weighted by atomic mass is 10.00. The molecule has 2 nitrogen and oxygen atoms in total. The van der Waals surface area contributed by atoms with Crippen molar-refractivity contribution in [3.8, 4) is 0 Å². The maximum atomic E-state index is 13.3. The van der Waals surface area contributed by atoms with E-state index >= 15 is 0 Å². The van der Waals surface area contributed by atoms with Gasteiger partial charge in [0.2, 0.25) is 0 Å². The molecule has 0 aliphatic carbocycles. The fraction of sp³-hybridized carbons (Fsp3) is 0.278. The molecule has 0 N–H and O–H groups in total. The zero-order chi connectivity index (χ0) is 15.4. The Bertz CT molecular complexity index is 637. The second-order valence-electron chi connectivity index (χ2n) is 5.27. The van der Waals surface area contributed by atoms with Crippen molar-refractivity contribution in [3.05, 3.63) is 65.5 Å². The van der Waals surface area contributed by atoms with E-state index in [1.165, 1.54) is 12.1 Å². The molecule has 2 aromatic rings. The number of nitrogens with zero attached hydrogens (tertiary/aromatic N) is 1. The maximum absolute atomic E-state index is 13.3. The molecule has 2 rings (SSSR count). The van der Waals surface area contributed by atoms with Crippen LogP contribution in [-0.2, 0) is 0 Å². The number of carbonyl (C=O) groups excluding carboxylic acids is 1. The number of benzene rings is 2. The molecule has 1 amide bonds. The van der Waals surface area contributed by atoms with E-state index in [0.717, 1.165) is 11.3 Å². The van der Waals surface area contributed by atoms with Gasteiger partial charge in [0.25, 0.3) is 5.91 Å². The van der Waals surface area contributed by atoms with Crippen LogP contribution in [0.5, 0.6) is 0 Å². The van der Waals surface area contributed by atoms with Crippen molar-refractivity contribution in [3.63, 3.8) is 0 Å². The number of para-hydroxylation sites is 1. The fourth-order valence-corrected chi connectivity index (χ4v) is 2.42. The number of hydrogen-bond acceptors (Lipinski definition) is 1. The van der Waals surface area contributed by atoms with E-state index in [9.17, 15) is 9.18 Å². The van der Waals surface area contributed by atoms with E-state index in [-0.39, 0.29) is 5.91 Å². The van der Waals surface area contributed by atoms with Crippen molar-refractivity contribution in [1.29, 1.82) is 0 Å². The monoisotopic (exact) mass is 285 g/mol. The van der Waals surface area contributed by atoms with E-state index in [1.54, 1.807) is 17.0 Å². The van der Waals surface area contributed by atoms with Crippen molar-refractivity contribution in [1.82, 2.24) is 0 Å². The van der Waals surface area contributed by atoms with Gasteiger partial charge in [0.1, 0.15) is 5.82 Å². The van der Waals surface area contributed by atoms with E-state index in [0.29, 0.717) is 18.0 Å². The summed E-state index contributed by atoms with van der Waals surface area (Å²) in [6, 6.07) is 13.7. The van der Waals surface area contributed by atoms with Crippen LogP contribution in [0, 0.1) is 5.82 Å². The summed E-state index contributed by atoms with van der Waals surface area (Å²) >= 11 is 0. The number of carbonyl (C=O) groups is 1. The molecule has 0 fully saturated rings. The molecule has 0 saturated heterocycles. The van der Waals surface area contributed by atoms with Crippen LogP contribution < -0.4 is 4.90 Å². The van der Waals surface area contributed by atoms with Gasteiger partial charge < -0.3 is 4.90 Å². The van der Waals surface area contributed by atoms with Crippen molar-refractivity contribution in [2.24, 2.45) is 0 Å². The highest BCUT2D eigenvalue weighted by molar-refractivity contribution is 6.06. The smallest absolute Gasteiger partial charge is 0.258 e. The van der Waals surface area contributed by atoms with E-state index < -0.39 is 5.82 Å². The Kier molecular flexibility index (Phi) is 4.73. The van der Waals surface area contributed by atoms with E-state index in [4.69, 9.17) is 0 Å². The Balaban J connectivity index is 2.43. The molecule has 0 atom stereocenters. The third-order valence-electron chi connectivity index (χ3n) is 3.48. The van der Waals surface area contributed by atoms with Crippen LogP contribution >= 0.6 is 0 Å². The van der Waals surface area contributed by atoms with Crippen molar-refractivity contribution < 1.29 is 9.18 Å². The second-order valence-corrected chi connectivity index (χ2v) is 5.27. The summed E-state index contributed by atoms with van der Waals surface area (Å²) in [5.74, 6) is -0.255. The Morgan fingerprint density at radius 2 is 1.86 bits per heavy atom. The zero-order valence-electron chi connectivity index (χ0n) is 12.6. The molecule has 0 aliphatic rings. The summed E-state index contributed by atoms with van der Waals surface area (Å²) in [5.41, 5.74) is 2.38. The molecule has 0 radical (unpaired) electrons. The Morgan fingerprint density at radius 3 is 2.48 bits per heavy atom. The highest BCUT2D eigenvalue weighted by Gasteiger charge is 2.19.